The second-order valence-corrected chi connectivity index (χ2v) is 8.95. The number of likely N-dealkylation sites (tertiary alicyclic amines) is 1. The number of halogens is 1. The van der Waals surface area contributed by atoms with Crippen LogP contribution >= 0.6 is 0 Å². The zero-order valence-electron chi connectivity index (χ0n) is 19.6. The van der Waals surface area contributed by atoms with E-state index in [0.717, 1.165) is 18.9 Å². The molecule has 1 atom stereocenters. The number of carbonyl (C=O) groups excluding carboxylic acids is 2. The van der Waals surface area contributed by atoms with Crippen LogP contribution in [0.4, 0.5) is 21.0 Å². The van der Waals surface area contributed by atoms with Gasteiger partial charge in [-0.15, -0.1) is 0 Å². The van der Waals surface area contributed by atoms with Crippen LogP contribution in [0.1, 0.15) is 61.5 Å². The molecule has 1 saturated heterocycles. The van der Waals surface area contributed by atoms with Crippen molar-refractivity contribution < 1.29 is 23.5 Å². The van der Waals surface area contributed by atoms with Gasteiger partial charge in [0.25, 0.3) is 0 Å². The van der Waals surface area contributed by atoms with Gasteiger partial charge < -0.3 is 20.5 Å². The third-order valence-electron chi connectivity index (χ3n) is 5.21. The molecule has 9 nitrogen and oxygen atoms in total. The molecule has 0 radical (unpaired) electrons. The molecule has 0 aliphatic carbocycles. The molecule has 10 heteroatoms. The third kappa shape index (κ3) is 5.68. The molecule has 33 heavy (non-hydrogen) atoms. The van der Waals surface area contributed by atoms with Crippen molar-refractivity contribution in [3.63, 3.8) is 0 Å². The summed E-state index contributed by atoms with van der Waals surface area (Å²) in [5, 5.41) is 3.11. The summed E-state index contributed by atoms with van der Waals surface area (Å²) in [6, 6.07) is 2.56. The number of benzene rings is 1. The van der Waals surface area contributed by atoms with Gasteiger partial charge in [-0.3, -0.25) is 9.69 Å². The molecule has 1 amide bonds. The molecule has 0 spiro atoms. The van der Waals surface area contributed by atoms with Crippen molar-refractivity contribution in [1.82, 2.24) is 14.9 Å². The molecule has 1 fully saturated rings. The van der Waals surface area contributed by atoms with Crippen LogP contribution in [0.3, 0.4) is 0 Å². The quantitative estimate of drug-likeness (QED) is 0.646. The SMILES string of the molecule is COc1cc(C)c(F)cc1C(=O)c1cnc(NC2CCCCN2C(=O)OC(C)(C)C)nc1N. The summed E-state index contributed by atoms with van der Waals surface area (Å²) in [5.41, 5.74) is 5.84. The summed E-state index contributed by atoms with van der Waals surface area (Å²) in [4.78, 5) is 35.6. The van der Waals surface area contributed by atoms with Gasteiger partial charge in [0.05, 0.1) is 18.2 Å². The number of aromatic nitrogens is 2. The van der Waals surface area contributed by atoms with Gasteiger partial charge in [0.1, 0.15) is 29.2 Å². The van der Waals surface area contributed by atoms with Crippen molar-refractivity contribution in [2.45, 2.75) is 58.7 Å². The Kier molecular flexibility index (Phi) is 7.04. The minimum absolute atomic E-state index is 0.0229. The number of methoxy groups -OCH3 is 1. The van der Waals surface area contributed by atoms with E-state index in [2.05, 4.69) is 15.3 Å². The molecule has 1 aliphatic rings. The number of rotatable bonds is 5. The van der Waals surface area contributed by atoms with Crippen molar-refractivity contribution in [3.05, 3.63) is 40.8 Å². The minimum Gasteiger partial charge on any atom is -0.496 e. The van der Waals surface area contributed by atoms with Crippen LogP contribution < -0.4 is 15.8 Å². The fourth-order valence-electron chi connectivity index (χ4n) is 3.56. The molecule has 1 aromatic heterocycles. The highest BCUT2D eigenvalue weighted by molar-refractivity contribution is 6.13. The lowest BCUT2D eigenvalue weighted by molar-refractivity contribution is 0.0129. The van der Waals surface area contributed by atoms with Crippen LogP contribution in [0.25, 0.3) is 0 Å². The van der Waals surface area contributed by atoms with Gasteiger partial charge in [-0.05, 0) is 64.7 Å². The normalized spacial score (nSPS) is 16.3. The highest BCUT2D eigenvalue weighted by atomic mass is 19.1. The van der Waals surface area contributed by atoms with E-state index < -0.39 is 23.3 Å². The molecule has 1 aromatic carbocycles. The number of amides is 1. The Morgan fingerprint density at radius 1 is 1.24 bits per heavy atom. The van der Waals surface area contributed by atoms with E-state index in [1.54, 1.807) is 11.8 Å². The second kappa shape index (κ2) is 9.60. The molecule has 1 unspecified atom stereocenters. The number of nitrogens with one attached hydrogen (secondary N) is 1. The van der Waals surface area contributed by atoms with E-state index in [0.29, 0.717) is 18.5 Å². The van der Waals surface area contributed by atoms with Crippen molar-refractivity contribution in [2.75, 3.05) is 24.7 Å². The lowest BCUT2D eigenvalue weighted by Gasteiger charge is -2.37. The van der Waals surface area contributed by atoms with Crippen LogP contribution in [0, 0.1) is 12.7 Å². The molecular weight excluding hydrogens is 429 g/mol. The summed E-state index contributed by atoms with van der Waals surface area (Å²) in [6.07, 6.45) is 2.95. The maximum absolute atomic E-state index is 14.1. The van der Waals surface area contributed by atoms with Crippen LogP contribution in [-0.4, -0.2) is 52.2 Å². The molecule has 1 aliphatic heterocycles. The molecule has 2 aromatic rings. The fourth-order valence-corrected chi connectivity index (χ4v) is 3.56. The predicted octanol–water partition coefficient (Wildman–Crippen LogP) is 3.90. The first-order chi connectivity index (χ1) is 15.5. The molecule has 3 N–H and O–H groups in total. The Morgan fingerprint density at radius 2 is 1.97 bits per heavy atom. The molecular formula is C23H30FN5O4. The smallest absolute Gasteiger partial charge is 0.411 e. The first kappa shape index (κ1) is 24.2. The number of aryl methyl sites for hydroxylation is 1. The number of ketones is 1. The Bertz CT molecular complexity index is 1050. The van der Waals surface area contributed by atoms with Gasteiger partial charge in [0.2, 0.25) is 11.7 Å². The lowest BCUT2D eigenvalue weighted by atomic mass is 10.0. The number of nitrogens with two attached hydrogens (primary N) is 1. The lowest BCUT2D eigenvalue weighted by Crippen LogP contribution is -2.49. The van der Waals surface area contributed by atoms with E-state index in [1.165, 1.54) is 19.4 Å². The van der Waals surface area contributed by atoms with Crippen molar-refractivity contribution >= 4 is 23.6 Å². The summed E-state index contributed by atoms with van der Waals surface area (Å²) < 4.78 is 24.8. The molecule has 2 heterocycles. The van der Waals surface area contributed by atoms with Crippen molar-refractivity contribution in [1.29, 1.82) is 0 Å². The maximum atomic E-state index is 14.1. The largest absolute Gasteiger partial charge is 0.496 e. The Morgan fingerprint density at radius 3 is 2.61 bits per heavy atom. The Hall–Kier alpha value is -3.43. The monoisotopic (exact) mass is 459 g/mol. The summed E-state index contributed by atoms with van der Waals surface area (Å²) in [5.74, 6) is -0.748. The van der Waals surface area contributed by atoms with Gasteiger partial charge >= 0.3 is 6.09 Å². The van der Waals surface area contributed by atoms with Gasteiger partial charge in [0.15, 0.2) is 0 Å². The number of nitrogen functional groups attached to an aromatic ring is 1. The predicted molar refractivity (Wildman–Crippen MR) is 122 cm³/mol. The maximum Gasteiger partial charge on any atom is 0.411 e. The number of piperidine rings is 1. The van der Waals surface area contributed by atoms with Gasteiger partial charge in [-0.1, -0.05) is 0 Å². The third-order valence-corrected chi connectivity index (χ3v) is 5.21. The van der Waals surface area contributed by atoms with Gasteiger partial charge in [-0.25, -0.2) is 14.2 Å². The molecule has 0 saturated carbocycles. The summed E-state index contributed by atoms with van der Waals surface area (Å²) in [7, 11) is 1.40. The minimum atomic E-state index is -0.613. The van der Waals surface area contributed by atoms with Gasteiger partial charge in [-0.2, -0.15) is 4.98 Å². The standard InChI is InChI=1S/C23H30FN5O4/c1-13-10-17(32-5)14(11-16(13)24)19(30)15-12-26-21(28-20(15)25)27-18-8-6-7-9-29(18)22(31)33-23(2,3)4/h10-12,18H,6-9H2,1-5H3,(H3,25,26,27,28). The van der Waals surface area contributed by atoms with E-state index in [-0.39, 0.29) is 34.8 Å². The van der Waals surface area contributed by atoms with E-state index >= 15 is 0 Å². The molecule has 178 valence electrons. The Balaban J connectivity index is 1.81. The zero-order valence-corrected chi connectivity index (χ0v) is 19.6. The Labute approximate surface area is 192 Å². The highest BCUT2D eigenvalue weighted by Gasteiger charge is 2.31. The van der Waals surface area contributed by atoms with Crippen LogP contribution in [-0.2, 0) is 4.74 Å². The number of carbonyl (C=O) groups is 2. The van der Waals surface area contributed by atoms with Crippen molar-refractivity contribution in [3.8, 4) is 5.75 Å². The molecule has 3 rings (SSSR count). The van der Waals surface area contributed by atoms with E-state index in [9.17, 15) is 14.0 Å². The van der Waals surface area contributed by atoms with Crippen LogP contribution in [0.15, 0.2) is 18.3 Å². The summed E-state index contributed by atoms with van der Waals surface area (Å²) >= 11 is 0. The van der Waals surface area contributed by atoms with Crippen molar-refractivity contribution in [2.24, 2.45) is 0 Å². The average molecular weight is 460 g/mol. The zero-order chi connectivity index (χ0) is 24.3. The second-order valence-electron chi connectivity index (χ2n) is 8.95. The van der Waals surface area contributed by atoms with Gasteiger partial charge in [0, 0.05) is 12.7 Å². The topological polar surface area (TPSA) is 120 Å². The first-order valence-electron chi connectivity index (χ1n) is 10.8. The molecule has 0 bridgehead atoms. The highest BCUT2D eigenvalue weighted by Crippen LogP contribution is 2.27. The number of hydrogen-bond acceptors (Lipinski definition) is 8. The van der Waals surface area contributed by atoms with Crippen LogP contribution in [0.2, 0.25) is 0 Å². The fraction of sp³-hybridized carbons (Fsp3) is 0.478. The average Bonchev–Trinajstić information content (AvgIpc) is 2.74. The number of nitrogens with zero attached hydrogens (tertiary/aromatic N) is 3. The number of hydrogen-bond donors (Lipinski definition) is 2. The van der Waals surface area contributed by atoms with E-state index in [4.69, 9.17) is 15.2 Å². The van der Waals surface area contributed by atoms with E-state index in [1.807, 2.05) is 20.8 Å². The van der Waals surface area contributed by atoms with Crippen LogP contribution in [0.5, 0.6) is 5.75 Å². The first-order valence-corrected chi connectivity index (χ1v) is 10.8. The summed E-state index contributed by atoms with van der Waals surface area (Å²) in [6.45, 7) is 7.55. The number of anilines is 2. The number of ether oxygens (including phenoxy) is 2.